The summed E-state index contributed by atoms with van der Waals surface area (Å²) >= 11 is 0. The molecular formula is C10H10F4N2O3. The van der Waals surface area contributed by atoms with Gasteiger partial charge in [0.25, 0.3) is 0 Å². The molecule has 19 heavy (non-hydrogen) atoms. The number of rotatable bonds is 4. The molecule has 0 aromatic carbocycles. The van der Waals surface area contributed by atoms with Crippen LogP contribution in [-0.4, -0.2) is 23.9 Å². The molecule has 9 heteroatoms. The fourth-order valence-electron chi connectivity index (χ4n) is 1.25. The van der Waals surface area contributed by atoms with Gasteiger partial charge >= 0.3 is 12.3 Å². The van der Waals surface area contributed by atoms with E-state index in [0.29, 0.717) is 0 Å². The van der Waals surface area contributed by atoms with Gasteiger partial charge in [-0.1, -0.05) is 0 Å². The summed E-state index contributed by atoms with van der Waals surface area (Å²) in [6.45, 7) is 0.195. The van der Waals surface area contributed by atoms with Crippen LogP contribution in [0.2, 0.25) is 0 Å². The second kappa shape index (κ2) is 5.72. The van der Waals surface area contributed by atoms with Crippen LogP contribution in [0.25, 0.3) is 0 Å². The van der Waals surface area contributed by atoms with Gasteiger partial charge in [0.1, 0.15) is 12.2 Å². The number of pyridine rings is 1. The topological polar surface area (TPSA) is 74.4 Å². The monoisotopic (exact) mass is 282 g/mol. The molecule has 1 aromatic rings. The van der Waals surface area contributed by atoms with Gasteiger partial charge in [-0.2, -0.15) is 0 Å². The van der Waals surface area contributed by atoms with Crippen LogP contribution in [-0.2, 0) is 11.4 Å². The van der Waals surface area contributed by atoms with E-state index in [-0.39, 0.29) is 12.2 Å². The zero-order valence-corrected chi connectivity index (χ0v) is 9.75. The van der Waals surface area contributed by atoms with Crippen molar-refractivity contribution in [2.75, 3.05) is 12.3 Å². The van der Waals surface area contributed by atoms with E-state index in [0.717, 1.165) is 6.20 Å². The first-order chi connectivity index (χ1) is 8.80. The zero-order chi connectivity index (χ0) is 14.6. The van der Waals surface area contributed by atoms with E-state index in [1.165, 1.54) is 6.92 Å². The summed E-state index contributed by atoms with van der Waals surface area (Å²) in [6, 6.07) is 0. The van der Waals surface area contributed by atoms with Crippen LogP contribution in [0.15, 0.2) is 6.20 Å². The summed E-state index contributed by atoms with van der Waals surface area (Å²) < 4.78 is 57.0. The molecule has 0 bridgehead atoms. The number of carbonyl (C=O) groups is 1. The predicted molar refractivity (Wildman–Crippen MR) is 56.1 cm³/mol. The van der Waals surface area contributed by atoms with Crippen molar-refractivity contribution in [3.63, 3.8) is 0 Å². The molecule has 2 N–H and O–H groups in total. The van der Waals surface area contributed by atoms with Crippen molar-refractivity contribution >= 4 is 11.7 Å². The SMILES string of the molecule is CCOC(=O)c1cnc(OC(F)(F)F)c(CF)c1N. The van der Waals surface area contributed by atoms with Crippen molar-refractivity contribution in [1.29, 1.82) is 0 Å². The highest BCUT2D eigenvalue weighted by molar-refractivity contribution is 5.95. The highest BCUT2D eigenvalue weighted by Gasteiger charge is 2.34. The lowest BCUT2D eigenvalue weighted by Crippen LogP contribution is -2.20. The van der Waals surface area contributed by atoms with Crippen molar-refractivity contribution in [2.24, 2.45) is 0 Å². The van der Waals surface area contributed by atoms with E-state index in [2.05, 4.69) is 14.5 Å². The van der Waals surface area contributed by atoms with Gasteiger partial charge in [-0.25, -0.2) is 14.2 Å². The molecule has 0 amide bonds. The maximum absolute atomic E-state index is 12.7. The van der Waals surface area contributed by atoms with Gasteiger partial charge in [0.05, 0.1) is 17.9 Å². The van der Waals surface area contributed by atoms with E-state index in [4.69, 9.17) is 5.73 Å². The molecule has 0 aliphatic carbocycles. The minimum absolute atomic E-state index is 0.0318. The predicted octanol–water partition coefficient (Wildman–Crippen LogP) is 2.21. The lowest BCUT2D eigenvalue weighted by Gasteiger charge is -2.14. The molecule has 0 atom stereocenters. The Kier molecular flexibility index (Phi) is 4.52. The van der Waals surface area contributed by atoms with Gasteiger partial charge in [0.2, 0.25) is 5.88 Å². The largest absolute Gasteiger partial charge is 0.574 e. The Morgan fingerprint density at radius 3 is 2.58 bits per heavy atom. The Hall–Kier alpha value is -2.06. The molecule has 1 aromatic heterocycles. The summed E-state index contributed by atoms with van der Waals surface area (Å²) in [4.78, 5) is 14.6. The Labute approximate surface area is 105 Å². The molecule has 106 valence electrons. The van der Waals surface area contributed by atoms with Crippen LogP contribution in [0.1, 0.15) is 22.8 Å². The number of nitrogens with two attached hydrogens (primary N) is 1. The molecule has 1 rings (SSSR count). The van der Waals surface area contributed by atoms with Crippen molar-refractivity contribution in [3.05, 3.63) is 17.3 Å². The third kappa shape index (κ3) is 3.70. The van der Waals surface area contributed by atoms with Gasteiger partial charge < -0.3 is 15.2 Å². The number of aromatic nitrogens is 1. The van der Waals surface area contributed by atoms with E-state index >= 15 is 0 Å². The number of nitrogens with zero attached hydrogens (tertiary/aromatic N) is 1. The number of halogens is 4. The molecule has 0 unspecified atom stereocenters. The van der Waals surface area contributed by atoms with E-state index in [1.807, 2.05) is 0 Å². The first-order valence-corrected chi connectivity index (χ1v) is 5.06. The highest BCUT2D eigenvalue weighted by atomic mass is 19.4. The van der Waals surface area contributed by atoms with E-state index in [1.54, 1.807) is 0 Å². The number of ether oxygens (including phenoxy) is 2. The number of alkyl halides is 4. The van der Waals surface area contributed by atoms with Crippen LogP contribution < -0.4 is 10.5 Å². The first kappa shape index (κ1) is 15.0. The highest BCUT2D eigenvalue weighted by Crippen LogP contribution is 2.30. The van der Waals surface area contributed by atoms with Crippen LogP contribution in [0, 0.1) is 0 Å². The molecule has 5 nitrogen and oxygen atoms in total. The Bertz CT molecular complexity index is 477. The fraction of sp³-hybridized carbons (Fsp3) is 0.400. The number of carbonyl (C=O) groups excluding carboxylic acids is 1. The number of hydrogen-bond donors (Lipinski definition) is 1. The number of nitrogen functional groups attached to an aromatic ring is 1. The average molecular weight is 282 g/mol. The first-order valence-electron chi connectivity index (χ1n) is 5.06. The van der Waals surface area contributed by atoms with Crippen LogP contribution in [0.5, 0.6) is 5.88 Å². The van der Waals surface area contributed by atoms with Gasteiger partial charge in [-0.3, -0.25) is 0 Å². The number of anilines is 1. The molecular weight excluding hydrogens is 272 g/mol. The fourth-order valence-corrected chi connectivity index (χ4v) is 1.25. The maximum Gasteiger partial charge on any atom is 0.574 e. The summed E-state index contributed by atoms with van der Waals surface area (Å²) in [5.74, 6) is -1.93. The Morgan fingerprint density at radius 1 is 1.47 bits per heavy atom. The minimum atomic E-state index is -5.03. The Morgan fingerprint density at radius 2 is 2.11 bits per heavy atom. The summed E-state index contributed by atoms with van der Waals surface area (Å²) in [6.07, 6.45) is -4.29. The molecule has 0 saturated carbocycles. The second-order valence-corrected chi connectivity index (χ2v) is 3.27. The molecule has 0 aliphatic rings. The second-order valence-electron chi connectivity index (χ2n) is 3.27. The molecule has 1 heterocycles. The van der Waals surface area contributed by atoms with Crippen LogP contribution in [0.3, 0.4) is 0 Å². The van der Waals surface area contributed by atoms with Crippen molar-refractivity contribution < 1.29 is 31.8 Å². The van der Waals surface area contributed by atoms with Gasteiger partial charge in [0.15, 0.2) is 0 Å². The molecule has 0 aliphatic heterocycles. The molecule has 0 spiro atoms. The minimum Gasteiger partial charge on any atom is -0.462 e. The lowest BCUT2D eigenvalue weighted by molar-refractivity contribution is -0.276. The van der Waals surface area contributed by atoms with Gasteiger partial charge in [-0.05, 0) is 6.92 Å². The summed E-state index contributed by atoms with van der Waals surface area (Å²) in [7, 11) is 0. The van der Waals surface area contributed by atoms with Gasteiger partial charge in [0, 0.05) is 6.20 Å². The molecule has 0 radical (unpaired) electrons. The van der Waals surface area contributed by atoms with E-state index in [9.17, 15) is 22.4 Å². The lowest BCUT2D eigenvalue weighted by atomic mass is 10.1. The third-order valence-electron chi connectivity index (χ3n) is 2.03. The third-order valence-corrected chi connectivity index (χ3v) is 2.03. The zero-order valence-electron chi connectivity index (χ0n) is 9.75. The Balaban J connectivity index is 3.19. The average Bonchev–Trinajstić information content (AvgIpc) is 2.27. The number of esters is 1. The summed E-state index contributed by atoms with van der Waals surface area (Å²) in [5, 5.41) is 0. The van der Waals surface area contributed by atoms with Crippen LogP contribution >= 0.6 is 0 Å². The molecule has 0 fully saturated rings. The number of hydrogen-bond acceptors (Lipinski definition) is 5. The normalized spacial score (nSPS) is 11.2. The molecule has 0 saturated heterocycles. The smallest absolute Gasteiger partial charge is 0.462 e. The van der Waals surface area contributed by atoms with Crippen molar-refractivity contribution in [2.45, 2.75) is 20.0 Å². The van der Waals surface area contributed by atoms with Crippen molar-refractivity contribution in [3.8, 4) is 5.88 Å². The summed E-state index contributed by atoms with van der Waals surface area (Å²) in [5.41, 5.74) is 3.96. The van der Waals surface area contributed by atoms with E-state index < -0.39 is 36.1 Å². The standard InChI is InChI=1S/C10H10F4N2O3/c1-2-18-9(17)6-4-16-8(19-10(12,13)14)5(3-11)7(6)15/h4H,2-3H2,1H3,(H2,15,16). The quantitative estimate of drug-likeness (QED) is 0.677. The maximum atomic E-state index is 12.7. The van der Waals surface area contributed by atoms with Gasteiger partial charge in [-0.15, -0.1) is 13.2 Å². The van der Waals surface area contributed by atoms with Crippen LogP contribution in [0.4, 0.5) is 23.2 Å². The van der Waals surface area contributed by atoms with Crippen molar-refractivity contribution in [1.82, 2.24) is 4.98 Å².